The number of hydrogen-bond acceptors (Lipinski definition) is 4. The van der Waals surface area contributed by atoms with E-state index in [2.05, 4.69) is 0 Å². The van der Waals surface area contributed by atoms with Gasteiger partial charge in [-0.05, 0) is 44.0 Å². The first-order valence-corrected chi connectivity index (χ1v) is 7.78. The number of fused-ring (bicyclic) bond motifs is 1. The second-order valence-electron chi connectivity index (χ2n) is 5.78. The van der Waals surface area contributed by atoms with E-state index >= 15 is 0 Å². The van der Waals surface area contributed by atoms with Crippen LogP contribution in [0.3, 0.4) is 0 Å². The van der Waals surface area contributed by atoms with E-state index in [0.29, 0.717) is 17.9 Å². The van der Waals surface area contributed by atoms with Gasteiger partial charge in [0.15, 0.2) is 0 Å². The van der Waals surface area contributed by atoms with Crippen molar-refractivity contribution in [2.24, 2.45) is 11.8 Å². The third-order valence-corrected chi connectivity index (χ3v) is 4.48. The fourth-order valence-electron chi connectivity index (χ4n) is 3.38. The van der Waals surface area contributed by atoms with E-state index < -0.39 is 5.97 Å². The largest absolute Gasteiger partial charge is 0.462 e. The predicted molar refractivity (Wildman–Crippen MR) is 80.3 cm³/mol. The van der Waals surface area contributed by atoms with Crippen LogP contribution in [0.15, 0.2) is 24.3 Å². The number of nitrogens with zero attached hydrogens (tertiary/aromatic N) is 1. The lowest BCUT2D eigenvalue weighted by atomic mass is 9.81. The van der Waals surface area contributed by atoms with Gasteiger partial charge in [0.2, 0.25) is 11.8 Å². The highest BCUT2D eigenvalue weighted by atomic mass is 16.5. The Balaban J connectivity index is 1.83. The minimum Gasteiger partial charge on any atom is -0.462 e. The molecule has 0 aromatic heterocycles. The lowest BCUT2D eigenvalue weighted by molar-refractivity contribution is -0.122. The number of imide groups is 1. The molecule has 2 atom stereocenters. The maximum Gasteiger partial charge on any atom is 0.338 e. The molecule has 2 fully saturated rings. The number of carbonyl (C=O) groups excluding carboxylic acids is 3. The van der Waals surface area contributed by atoms with Crippen molar-refractivity contribution in [2.75, 3.05) is 11.5 Å². The Labute approximate surface area is 129 Å². The molecule has 0 N–H and O–H groups in total. The summed E-state index contributed by atoms with van der Waals surface area (Å²) in [7, 11) is 0. The van der Waals surface area contributed by atoms with E-state index in [4.69, 9.17) is 4.74 Å². The minimum atomic E-state index is -0.401. The van der Waals surface area contributed by atoms with Crippen LogP contribution in [0.25, 0.3) is 0 Å². The van der Waals surface area contributed by atoms with Gasteiger partial charge >= 0.3 is 5.97 Å². The van der Waals surface area contributed by atoms with E-state index in [1.165, 1.54) is 4.90 Å². The van der Waals surface area contributed by atoms with Crippen molar-refractivity contribution < 1.29 is 19.1 Å². The normalized spacial score (nSPS) is 24.3. The van der Waals surface area contributed by atoms with Gasteiger partial charge < -0.3 is 4.74 Å². The number of anilines is 1. The van der Waals surface area contributed by atoms with Crippen LogP contribution in [0.2, 0.25) is 0 Å². The van der Waals surface area contributed by atoms with Crippen LogP contribution >= 0.6 is 0 Å². The number of amides is 2. The van der Waals surface area contributed by atoms with Crippen molar-refractivity contribution in [1.29, 1.82) is 0 Å². The van der Waals surface area contributed by atoms with Crippen LogP contribution in [0, 0.1) is 11.8 Å². The Morgan fingerprint density at radius 1 is 1.09 bits per heavy atom. The van der Waals surface area contributed by atoms with E-state index in [0.717, 1.165) is 25.7 Å². The molecule has 116 valence electrons. The SMILES string of the molecule is CCOC(=O)c1ccc(N2C(=O)[C@H]3CCCC[C@H]3C2=O)cc1. The predicted octanol–water partition coefficient (Wildman–Crippen LogP) is 2.54. The highest BCUT2D eigenvalue weighted by Crippen LogP contribution is 2.40. The van der Waals surface area contributed by atoms with Gasteiger partial charge in [0, 0.05) is 0 Å². The summed E-state index contributed by atoms with van der Waals surface area (Å²) >= 11 is 0. The summed E-state index contributed by atoms with van der Waals surface area (Å²) in [5.74, 6) is -0.920. The summed E-state index contributed by atoms with van der Waals surface area (Å²) in [6.45, 7) is 2.06. The maximum absolute atomic E-state index is 12.5. The van der Waals surface area contributed by atoms with Crippen LogP contribution < -0.4 is 4.90 Å². The summed E-state index contributed by atoms with van der Waals surface area (Å²) < 4.78 is 4.93. The highest BCUT2D eigenvalue weighted by Gasteiger charge is 2.48. The van der Waals surface area contributed by atoms with Crippen LogP contribution in [0.1, 0.15) is 43.0 Å². The number of esters is 1. The second-order valence-corrected chi connectivity index (χ2v) is 5.78. The van der Waals surface area contributed by atoms with Gasteiger partial charge in [-0.2, -0.15) is 0 Å². The monoisotopic (exact) mass is 301 g/mol. The van der Waals surface area contributed by atoms with Gasteiger partial charge in [0.05, 0.1) is 29.7 Å². The van der Waals surface area contributed by atoms with E-state index in [-0.39, 0.29) is 23.7 Å². The molecule has 0 unspecified atom stereocenters. The molecular weight excluding hydrogens is 282 g/mol. The molecule has 1 aromatic rings. The molecule has 1 aromatic carbocycles. The number of benzene rings is 1. The van der Waals surface area contributed by atoms with Gasteiger partial charge in [-0.1, -0.05) is 12.8 Å². The second kappa shape index (κ2) is 5.91. The molecule has 1 saturated carbocycles. The zero-order chi connectivity index (χ0) is 15.7. The molecule has 3 rings (SSSR count). The van der Waals surface area contributed by atoms with E-state index in [1.807, 2.05) is 0 Å². The van der Waals surface area contributed by atoms with Crippen LogP contribution in [0.4, 0.5) is 5.69 Å². The first kappa shape index (κ1) is 14.8. The van der Waals surface area contributed by atoms with Crippen molar-refractivity contribution in [3.05, 3.63) is 29.8 Å². The van der Waals surface area contributed by atoms with Gasteiger partial charge in [0.1, 0.15) is 0 Å². The Morgan fingerprint density at radius 2 is 1.64 bits per heavy atom. The molecule has 5 heteroatoms. The molecule has 0 bridgehead atoms. The molecule has 1 saturated heterocycles. The Hall–Kier alpha value is -2.17. The van der Waals surface area contributed by atoms with Gasteiger partial charge in [-0.15, -0.1) is 0 Å². The number of hydrogen-bond donors (Lipinski definition) is 0. The third-order valence-electron chi connectivity index (χ3n) is 4.48. The topological polar surface area (TPSA) is 63.7 Å². The Morgan fingerprint density at radius 3 is 2.14 bits per heavy atom. The van der Waals surface area contributed by atoms with Crippen molar-refractivity contribution in [2.45, 2.75) is 32.6 Å². The maximum atomic E-state index is 12.5. The molecule has 2 aliphatic rings. The summed E-state index contributed by atoms with van der Waals surface area (Å²) in [6, 6.07) is 6.46. The highest BCUT2D eigenvalue weighted by molar-refractivity contribution is 6.22. The first-order valence-electron chi connectivity index (χ1n) is 7.78. The first-order chi connectivity index (χ1) is 10.6. The van der Waals surface area contributed by atoms with Crippen molar-refractivity contribution >= 4 is 23.5 Å². The number of carbonyl (C=O) groups is 3. The molecule has 22 heavy (non-hydrogen) atoms. The van der Waals surface area contributed by atoms with Gasteiger partial charge in [-0.3, -0.25) is 14.5 Å². The summed E-state index contributed by atoms with van der Waals surface area (Å²) in [6.07, 6.45) is 3.62. The summed E-state index contributed by atoms with van der Waals surface area (Å²) in [5.41, 5.74) is 0.958. The van der Waals surface area contributed by atoms with Crippen LogP contribution in [-0.4, -0.2) is 24.4 Å². The van der Waals surface area contributed by atoms with Crippen LogP contribution in [-0.2, 0) is 14.3 Å². The van der Waals surface area contributed by atoms with Crippen molar-refractivity contribution in [3.8, 4) is 0 Å². The summed E-state index contributed by atoms with van der Waals surface area (Å²) in [5, 5.41) is 0. The fraction of sp³-hybridized carbons (Fsp3) is 0.471. The molecule has 1 heterocycles. The molecule has 0 radical (unpaired) electrons. The average Bonchev–Trinajstić information content (AvgIpc) is 2.80. The number of ether oxygens (including phenoxy) is 1. The Kier molecular flexibility index (Phi) is 3.96. The molecule has 0 spiro atoms. The third kappa shape index (κ3) is 2.40. The zero-order valence-electron chi connectivity index (χ0n) is 12.6. The standard InChI is InChI=1S/C17H19NO4/c1-2-22-17(21)11-7-9-12(10-8-11)18-15(19)13-5-3-4-6-14(13)16(18)20/h7-10,13-14H,2-6H2,1H3/t13-,14+. The smallest absolute Gasteiger partial charge is 0.338 e. The van der Waals surface area contributed by atoms with Crippen molar-refractivity contribution in [1.82, 2.24) is 0 Å². The minimum absolute atomic E-state index is 0.0985. The van der Waals surface area contributed by atoms with Gasteiger partial charge in [0.25, 0.3) is 0 Å². The molecule has 1 aliphatic heterocycles. The average molecular weight is 301 g/mol. The molecule has 1 aliphatic carbocycles. The molecule has 5 nitrogen and oxygen atoms in total. The lowest BCUT2D eigenvalue weighted by Gasteiger charge is -2.19. The molecule has 2 amide bonds. The van der Waals surface area contributed by atoms with E-state index in [1.54, 1.807) is 31.2 Å². The van der Waals surface area contributed by atoms with Crippen LogP contribution in [0.5, 0.6) is 0 Å². The van der Waals surface area contributed by atoms with E-state index in [9.17, 15) is 14.4 Å². The molecular formula is C17H19NO4. The fourth-order valence-corrected chi connectivity index (χ4v) is 3.38. The van der Waals surface area contributed by atoms with Crippen molar-refractivity contribution in [3.63, 3.8) is 0 Å². The summed E-state index contributed by atoms with van der Waals surface area (Å²) in [4.78, 5) is 37.9. The number of rotatable bonds is 3. The zero-order valence-corrected chi connectivity index (χ0v) is 12.6. The Bertz CT molecular complexity index is 584. The van der Waals surface area contributed by atoms with Gasteiger partial charge in [-0.25, -0.2) is 4.79 Å². The quantitative estimate of drug-likeness (QED) is 0.636. The lowest BCUT2D eigenvalue weighted by Crippen LogP contribution is -2.30.